The van der Waals surface area contributed by atoms with E-state index in [2.05, 4.69) is 4.98 Å². The highest BCUT2D eigenvalue weighted by molar-refractivity contribution is 8.15. The van der Waals surface area contributed by atoms with Crippen molar-refractivity contribution in [1.82, 2.24) is 9.99 Å². The minimum absolute atomic E-state index is 0.330. The summed E-state index contributed by atoms with van der Waals surface area (Å²) in [4.78, 5) is 18.7. The second kappa shape index (κ2) is 9.50. The first kappa shape index (κ1) is 22.0. The Hall–Kier alpha value is -3.23. The highest BCUT2D eigenvalue weighted by Gasteiger charge is 2.49. The maximum absolute atomic E-state index is 14.0. The fraction of sp³-hybridized carbons (Fsp3) is 0.208. The number of anilines is 1. The van der Waals surface area contributed by atoms with Gasteiger partial charge in [0.2, 0.25) is 0 Å². The van der Waals surface area contributed by atoms with E-state index in [1.165, 1.54) is 33.8 Å². The number of hydrogen-bond donors (Lipinski definition) is 1. The monoisotopic (exact) mass is 449 g/mol. The van der Waals surface area contributed by atoms with Crippen LogP contribution in [0.25, 0.3) is 0 Å². The first-order valence-electron chi connectivity index (χ1n) is 10.3. The number of rotatable bonds is 6. The van der Waals surface area contributed by atoms with Gasteiger partial charge >= 0.3 is 6.03 Å². The summed E-state index contributed by atoms with van der Waals surface area (Å²) in [6, 6.07) is 21.1. The Morgan fingerprint density at radius 3 is 2.59 bits per heavy atom. The van der Waals surface area contributed by atoms with E-state index in [0.717, 1.165) is 5.56 Å². The van der Waals surface area contributed by atoms with Crippen LogP contribution in [0.2, 0.25) is 0 Å². The molecule has 0 spiro atoms. The zero-order chi connectivity index (χ0) is 22.6. The van der Waals surface area contributed by atoms with Crippen molar-refractivity contribution in [3.8, 4) is 0 Å². The van der Waals surface area contributed by atoms with Crippen molar-refractivity contribution in [2.45, 2.75) is 17.7 Å². The molecule has 0 aliphatic carbocycles. The van der Waals surface area contributed by atoms with E-state index >= 15 is 0 Å². The zero-order valence-electron chi connectivity index (χ0n) is 17.7. The lowest BCUT2D eigenvalue weighted by molar-refractivity contribution is 0.170. The van der Waals surface area contributed by atoms with Gasteiger partial charge in [-0.25, -0.2) is 14.2 Å². The maximum Gasteiger partial charge on any atom is 0.347 e. The fourth-order valence-corrected chi connectivity index (χ4v) is 5.04. The Balaban J connectivity index is 1.82. The van der Waals surface area contributed by atoms with Gasteiger partial charge in [-0.3, -0.25) is 4.90 Å². The summed E-state index contributed by atoms with van der Waals surface area (Å²) in [6.45, 7) is 0.475. The molecule has 4 rings (SSSR count). The van der Waals surface area contributed by atoms with Crippen LogP contribution in [0.1, 0.15) is 24.0 Å². The number of nitrogens with zero attached hydrogens (tertiary/aromatic N) is 4. The van der Waals surface area contributed by atoms with Gasteiger partial charge in [0.15, 0.2) is 0 Å². The molecule has 1 aliphatic rings. The van der Waals surface area contributed by atoms with Crippen molar-refractivity contribution in [3.63, 3.8) is 0 Å². The quantitative estimate of drug-likeness (QED) is 0.588. The zero-order valence-corrected chi connectivity index (χ0v) is 18.5. The van der Waals surface area contributed by atoms with Gasteiger partial charge in [-0.15, -0.1) is 0 Å². The number of pyridine rings is 1. The van der Waals surface area contributed by atoms with Crippen LogP contribution in [0.4, 0.5) is 15.0 Å². The van der Waals surface area contributed by atoms with Crippen LogP contribution in [-0.4, -0.2) is 34.7 Å². The number of benzene rings is 2. The second-order valence-electron chi connectivity index (χ2n) is 7.40. The van der Waals surface area contributed by atoms with Gasteiger partial charge in [-0.1, -0.05) is 60.3 Å². The van der Waals surface area contributed by atoms with Crippen molar-refractivity contribution in [1.29, 1.82) is 0 Å². The smallest absolute Gasteiger partial charge is 0.330 e. The summed E-state index contributed by atoms with van der Waals surface area (Å²) in [5, 5.41) is 6.79. The minimum atomic E-state index is -0.817. The largest absolute Gasteiger partial charge is 0.347 e. The molecule has 2 amide bonds. The molecule has 1 aromatic heterocycles. The third-order valence-corrected chi connectivity index (χ3v) is 6.74. The lowest BCUT2D eigenvalue weighted by Crippen LogP contribution is -2.47. The summed E-state index contributed by atoms with van der Waals surface area (Å²) in [6.07, 6.45) is 2.91. The number of halogens is 1. The van der Waals surface area contributed by atoms with Crippen LogP contribution in [0, 0.1) is 5.82 Å². The highest BCUT2D eigenvalue weighted by atomic mass is 32.2. The predicted octanol–water partition coefficient (Wildman–Crippen LogP) is 4.78. The summed E-state index contributed by atoms with van der Waals surface area (Å²) in [5.41, 5.74) is 7.41. The third kappa shape index (κ3) is 4.24. The molecule has 1 aliphatic heterocycles. The Morgan fingerprint density at radius 1 is 1.12 bits per heavy atom. The average Bonchev–Trinajstić information content (AvgIpc) is 3.24. The molecule has 32 heavy (non-hydrogen) atoms. The molecular weight excluding hydrogens is 425 g/mol. The van der Waals surface area contributed by atoms with Crippen LogP contribution in [0.5, 0.6) is 0 Å². The van der Waals surface area contributed by atoms with E-state index in [1.54, 1.807) is 37.5 Å². The summed E-state index contributed by atoms with van der Waals surface area (Å²) < 4.78 is 14.0. The van der Waals surface area contributed by atoms with E-state index in [-0.39, 0.29) is 11.8 Å². The van der Waals surface area contributed by atoms with Gasteiger partial charge in [0.05, 0.1) is 0 Å². The van der Waals surface area contributed by atoms with Gasteiger partial charge in [-0.05, 0) is 49.2 Å². The lowest BCUT2D eigenvalue weighted by atomic mass is 10.0. The first-order chi connectivity index (χ1) is 15.5. The molecule has 6 nitrogen and oxygen atoms in total. The van der Waals surface area contributed by atoms with Crippen molar-refractivity contribution in [3.05, 3.63) is 95.9 Å². The number of carbonyl (C=O) groups is 1. The van der Waals surface area contributed by atoms with Crippen LogP contribution in [0.3, 0.4) is 0 Å². The van der Waals surface area contributed by atoms with Crippen LogP contribution in [0.15, 0.2) is 84.1 Å². The number of thioether (sulfide) groups is 1. The number of nitrogens with two attached hydrogens (primary N) is 1. The number of hydrazone groups is 1. The molecule has 8 heteroatoms. The van der Waals surface area contributed by atoms with E-state index in [4.69, 9.17) is 10.8 Å². The van der Waals surface area contributed by atoms with Gasteiger partial charge in [-0.2, -0.15) is 10.1 Å². The number of hydrogen-bond acceptors (Lipinski definition) is 5. The first-order valence-corrected chi connectivity index (χ1v) is 11.1. The molecule has 2 aromatic carbocycles. The Labute approximate surface area is 190 Å². The minimum Gasteiger partial charge on any atom is -0.330 e. The predicted molar refractivity (Wildman–Crippen MR) is 127 cm³/mol. The molecule has 2 N–H and O–H groups in total. The molecule has 0 radical (unpaired) electrons. The Kier molecular flexibility index (Phi) is 6.53. The van der Waals surface area contributed by atoms with Gasteiger partial charge < -0.3 is 5.73 Å². The molecule has 3 aromatic rings. The van der Waals surface area contributed by atoms with E-state index in [9.17, 15) is 9.18 Å². The van der Waals surface area contributed by atoms with Crippen LogP contribution in [-0.2, 0) is 4.87 Å². The second-order valence-corrected chi connectivity index (χ2v) is 8.67. The van der Waals surface area contributed by atoms with E-state index in [0.29, 0.717) is 35.8 Å². The number of urea groups is 1. The lowest BCUT2D eigenvalue weighted by Gasteiger charge is -2.37. The summed E-state index contributed by atoms with van der Waals surface area (Å²) in [5.74, 6) is 0.158. The molecule has 2 heterocycles. The number of aromatic nitrogens is 1. The van der Waals surface area contributed by atoms with Gasteiger partial charge in [0.1, 0.15) is 21.5 Å². The summed E-state index contributed by atoms with van der Waals surface area (Å²) >= 11 is 1.45. The molecule has 0 saturated heterocycles. The van der Waals surface area contributed by atoms with Crippen molar-refractivity contribution >= 4 is 28.7 Å². The summed E-state index contributed by atoms with van der Waals surface area (Å²) in [7, 11) is 1.67. The molecule has 0 saturated carbocycles. The fourth-order valence-electron chi connectivity index (χ4n) is 3.65. The third-order valence-electron chi connectivity index (χ3n) is 5.28. The SMILES string of the molecule is CN(C(=O)N1N=C(c2cccc(F)c2)SC1(CCCN)c1ccccc1)c1ccccn1. The van der Waals surface area contributed by atoms with E-state index < -0.39 is 4.87 Å². The average molecular weight is 450 g/mol. The van der Waals surface area contributed by atoms with Crippen LogP contribution >= 0.6 is 11.8 Å². The van der Waals surface area contributed by atoms with Gasteiger partial charge in [0, 0.05) is 18.8 Å². The molecule has 1 unspecified atom stereocenters. The Bertz CT molecular complexity index is 1110. The van der Waals surface area contributed by atoms with Crippen molar-refractivity contribution < 1.29 is 9.18 Å². The maximum atomic E-state index is 14.0. The Morgan fingerprint density at radius 2 is 1.91 bits per heavy atom. The molecule has 164 valence electrons. The molecule has 1 atom stereocenters. The topological polar surface area (TPSA) is 74.8 Å². The molecular formula is C24H24FN5OS. The molecule has 0 fully saturated rings. The molecule has 0 bridgehead atoms. The van der Waals surface area contributed by atoms with Crippen molar-refractivity contribution in [2.75, 3.05) is 18.5 Å². The van der Waals surface area contributed by atoms with Crippen molar-refractivity contribution in [2.24, 2.45) is 10.8 Å². The highest BCUT2D eigenvalue weighted by Crippen LogP contribution is 2.50. The number of amides is 2. The normalized spacial score (nSPS) is 17.8. The standard InChI is InChI=1S/C24H24FN5OS/c1-29(21-13-5-6-16-27-21)23(31)30-24(14-8-15-26,19-10-3-2-4-11-19)32-22(28-30)18-9-7-12-20(25)17-18/h2-7,9-13,16-17H,8,14-15,26H2,1H3. The van der Waals surface area contributed by atoms with Crippen LogP contribution < -0.4 is 10.6 Å². The van der Waals surface area contributed by atoms with Gasteiger partial charge in [0.25, 0.3) is 0 Å². The van der Waals surface area contributed by atoms with E-state index in [1.807, 2.05) is 36.4 Å². The number of carbonyl (C=O) groups excluding carboxylic acids is 1.